The zero-order valence-electron chi connectivity index (χ0n) is 10.9. The van der Waals surface area contributed by atoms with Crippen LogP contribution in [0.5, 0.6) is 0 Å². The second kappa shape index (κ2) is 11.3. The molecule has 18 heavy (non-hydrogen) atoms. The minimum Gasteiger partial charge on any atom is -0.382 e. The molecule has 1 unspecified atom stereocenters. The predicted molar refractivity (Wildman–Crippen MR) is 72.2 cm³/mol. The zero-order chi connectivity index (χ0) is 13.8. The molecule has 0 saturated carbocycles. The summed E-state index contributed by atoms with van der Waals surface area (Å²) in [5.74, 6) is -0.592. The highest BCUT2D eigenvalue weighted by atomic mass is 32.1. The topological polar surface area (TPSA) is 82.8 Å². The lowest BCUT2D eigenvalue weighted by atomic mass is 10.1. The van der Waals surface area contributed by atoms with Gasteiger partial charge in [0.25, 0.3) is 0 Å². The summed E-state index contributed by atoms with van der Waals surface area (Å²) in [5, 5.41) is 2.99. The third kappa shape index (κ3) is 10.4. The average Bonchev–Trinajstić information content (AvgIpc) is 2.32. The van der Waals surface area contributed by atoms with Crippen LogP contribution in [0.1, 0.15) is 13.3 Å². The van der Waals surface area contributed by atoms with Gasteiger partial charge in [-0.3, -0.25) is 4.79 Å². The van der Waals surface area contributed by atoms with Gasteiger partial charge in [-0.15, -0.1) is 0 Å². The quantitative estimate of drug-likeness (QED) is 0.316. The van der Waals surface area contributed by atoms with Crippen LogP contribution in [0.4, 0.5) is 0 Å². The van der Waals surface area contributed by atoms with E-state index in [2.05, 4.69) is 5.32 Å². The van der Waals surface area contributed by atoms with Crippen molar-refractivity contribution in [3.8, 4) is 0 Å². The average molecular weight is 278 g/mol. The largest absolute Gasteiger partial charge is 0.382 e. The summed E-state index contributed by atoms with van der Waals surface area (Å²) in [5.41, 5.74) is 5.14. The van der Waals surface area contributed by atoms with Gasteiger partial charge in [-0.1, -0.05) is 19.1 Å². The Morgan fingerprint density at radius 1 is 1.33 bits per heavy atom. The SMILES string of the molecule is COCCOCOCCNC(=S)CC(C)C(N)=O. The Bertz CT molecular complexity index is 251. The van der Waals surface area contributed by atoms with Crippen molar-refractivity contribution < 1.29 is 19.0 Å². The van der Waals surface area contributed by atoms with Crippen molar-refractivity contribution in [2.45, 2.75) is 13.3 Å². The van der Waals surface area contributed by atoms with Crippen molar-refractivity contribution in [3.05, 3.63) is 0 Å². The lowest BCUT2D eigenvalue weighted by Gasteiger charge is -2.11. The van der Waals surface area contributed by atoms with E-state index < -0.39 is 0 Å². The Balaban J connectivity index is 3.33. The predicted octanol–water partition coefficient (Wildman–Crippen LogP) is 0.0520. The molecule has 0 radical (unpaired) electrons. The second-order valence-electron chi connectivity index (χ2n) is 3.78. The van der Waals surface area contributed by atoms with Gasteiger partial charge in [-0.25, -0.2) is 0 Å². The van der Waals surface area contributed by atoms with Gasteiger partial charge in [0.15, 0.2) is 0 Å². The van der Waals surface area contributed by atoms with Crippen molar-refractivity contribution in [3.63, 3.8) is 0 Å². The molecule has 106 valence electrons. The third-order valence-electron chi connectivity index (χ3n) is 2.14. The third-order valence-corrected chi connectivity index (χ3v) is 2.46. The van der Waals surface area contributed by atoms with Gasteiger partial charge < -0.3 is 25.3 Å². The van der Waals surface area contributed by atoms with Gasteiger partial charge in [0.05, 0.1) is 24.8 Å². The van der Waals surface area contributed by atoms with Crippen LogP contribution in [0.15, 0.2) is 0 Å². The summed E-state index contributed by atoms with van der Waals surface area (Å²) in [7, 11) is 1.61. The van der Waals surface area contributed by atoms with Crippen LogP contribution >= 0.6 is 12.2 Å². The highest BCUT2D eigenvalue weighted by Gasteiger charge is 2.10. The first-order valence-electron chi connectivity index (χ1n) is 5.78. The molecule has 0 aromatic heterocycles. The standard InChI is InChI=1S/C11H22N2O4S/c1-9(11(12)14)7-10(18)13-3-4-16-8-17-6-5-15-2/h9H,3-8H2,1-2H3,(H2,12,14)(H,13,18). The van der Waals surface area contributed by atoms with Crippen molar-refractivity contribution in [2.75, 3.05) is 40.3 Å². The number of carbonyl (C=O) groups excluding carboxylic acids is 1. The molecule has 0 aromatic rings. The number of hydrogen-bond acceptors (Lipinski definition) is 5. The maximum Gasteiger partial charge on any atom is 0.220 e. The minimum absolute atomic E-state index is 0.232. The zero-order valence-corrected chi connectivity index (χ0v) is 11.8. The first-order valence-corrected chi connectivity index (χ1v) is 6.19. The van der Waals surface area contributed by atoms with Crippen LogP contribution in [0, 0.1) is 5.92 Å². The number of carbonyl (C=O) groups is 1. The van der Waals surface area contributed by atoms with E-state index in [1.54, 1.807) is 14.0 Å². The monoisotopic (exact) mass is 278 g/mol. The van der Waals surface area contributed by atoms with Crippen molar-refractivity contribution in [1.82, 2.24) is 5.32 Å². The highest BCUT2D eigenvalue weighted by Crippen LogP contribution is 2.00. The van der Waals surface area contributed by atoms with E-state index in [0.29, 0.717) is 37.8 Å². The number of amides is 1. The fraction of sp³-hybridized carbons (Fsp3) is 0.818. The smallest absolute Gasteiger partial charge is 0.220 e. The molecule has 1 atom stereocenters. The molecule has 0 aliphatic rings. The maximum atomic E-state index is 10.8. The number of thiocarbonyl (C=S) groups is 1. The molecule has 0 aromatic carbocycles. The Labute approximate surface area is 113 Å². The lowest BCUT2D eigenvalue weighted by molar-refractivity contribution is -0.121. The highest BCUT2D eigenvalue weighted by molar-refractivity contribution is 7.80. The van der Waals surface area contributed by atoms with Crippen LogP contribution in [0.25, 0.3) is 0 Å². The van der Waals surface area contributed by atoms with Crippen LogP contribution < -0.4 is 11.1 Å². The van der Waals surface area contributed by atoms with Gasteiger partial charge in [-0.2, -0.15) is 0 Å². The van der Waals surface area contributed by atoms with E-state index in [1.807, 2.05) is 0 Å². The van der Waals surface area contributed by atoms with Gasteiger partial charge in [0, 0.05) is 26.0 Å². The Kier molecular flexibility index (Phi) is 10.9. The number of ether oxygens (including phenoxy) is 3. The molecule has 0 spiro atoms. The molecule has 3 N–H and O–H groups in total. The molecule has 0 saturated heterocycles. The summed E-state index contributed by atoms with van der Waals surface area (Å²) in [4.78, 5) is 11.4. The van der Waals surface area contributed by atoms with Crippen LogP contribution in [-0.2, 0) is 19.0 Å². The molecule has 0 aliphatic carbocycles. The van der Waals surface area contributed by atoms with E-state index in [0.717, 1.165) is 0 Å². The van der Waals surface area contributed by atoms with E-state index in [9.17, 15) is 4.79 Å². The normalized spacial score (nSPS) is 12.1. The molecule has 0 bridgehead atoms. The number of methoxy groups -OCH3 is 1. The number of nitrogens with two attached hydrogens (primary N) is 1. The van der Waals surface area contributed by atoms with Crippen molar-refractivity contribution in [2.24, 2.45) is 11.7 Å². The minimum atomic E-state index is -0.345. The number of nitrogens with one attached hydrogen (secondary N) is 1. The van der Waals surface area contributed by atoms with Gasteiger partial charge >= 0.3 is 0 Å². The van der Waals surface area contributed by atoms with E-state index in [1.165, 1.54) is 0 Å². The second-order valence-corrected chi connectivity index (χ2v) is 4.28. The first kappa shape index (κ1) is 17.2. The Hall–Kier alpha value is -0.760. The van der Waals surface area contributed by atoms with Gasteiger partial charge in [-0.05, 0) is 0 Å². The van der Waals surface area contributed by atoms with E-state index in [4.69, 9.17) is 32.2 Å². The number of primary amides is 1. The fourth-order valence-corrected chi connectivity index (χ4v) is 1.38. The van der Waals surface area contributed by atoms with Gasteiger partial charge in [0.2, 0.25) is 5.91 Å². The molecule has 6 nitrogen and oxygen atoms in total. The maximum absolute atomic E-state index is 10.8. The Morgan fingerprint density at radius 2 is 2.00 bits per heavy atom. The summed E-state index contributed by atoms with van der Waals surface area (Å²) < 4.78 is 15.1. The fourth-order valence-electron chi connectivity index (χ4n) is 1.03. The molecule has 1 amide bonds. The molecule has 0 aliphatic heterocycles. The van der Waals surface area contributed by atoms with Gasteiger partial charge in [0.1, 0.15) is 6.79 Å². The first-order chi connectivity index (χ1) is 8.57. The number of hydrogen-bond donors (Lipinski definition) is 2. The summed E-state index contributed by atoms with van der Waals surface area (Å²) in [6.07, 6.45) is 0.467. The Morgan fingerprint density at radius 3 is 2.61 bits per heavy atom. The number of rotatable bonds is 11. The van der Waals surface area contributed by atoms with Crippen molar-refractivity contribution in [1.29, 1.82) is 0 Å². The molecule has 7 heteroatoms. The lowest BCUT2D eigenvalue weighted by Crippen LogP contribution is -2.31. The molecule has 0 fully saturated rings. The van der Waals surface area contributed by atoms with E-state index in [-0.39, 0.29) is 18.6 Å². The van der Waals surface area contributed by atoms with Crippen LogP contribution in [0.3, 0.4) is 0 Å². The molecule has 0 heterocycles. The summed E-state index contributed by atoms with van der Waals surface area (Å²) in [6, 6.07) is 0. The van der Waals surface area contributed by atoms with Crippen molar-refractivity contribution >= 4 is 23.1 Å². The van der Waals surface area contributed by atoms with Crippen LogP contribution in [-0.4, -0.2) is 51.2 Å². The molecule has 0 rings (SSSR count). The summed E-state index contributed by atoms with van der Waals surface area (Å²) >= 11 is 5.06. The summed E-state index contributed by atoms with van der Waals surface area (Å²) in [6.45, 7) is 4.11. The van der Waals surface area contributed by atoms with E-state index >= 15 is 0 Å². The molecular weight excluding hydrogens is 256 g/mol. The van der Waals surface area contributed by atoms with Crippen LogP contribution in [0.2, 0.25) is 0 Å². The molecular formula is C11H22N2O4S.